The second kappa shape index (κ2) is 22.6. The summed E-state index contributed by atoms with van der Waals surface area (Å²) < 4.78 is 0. The minimum atomic E-state index is -1.01. The lowest BCUT2D eigenvalue weighted by Gasteiger charge is -2.27. The summed E-state index contributed by atoms with van der Waals surface area (Å²) in [7, 11) is 0. The number of carbonyl (C=O) groups is 4. The highest BCUT2D eigenvalue weighted by molar-refractivity contribution is 5.96. The van der Waals surface area contributed by atoms with E-state index < -0.39 is 35.8 Å². The lowest BCUT2D eigenvalue weighted by molar-refractivity contribution is -0.134. The van der Waals surface area contributed by atoms with Crippen LogP contribution in [0.1, 0.15) is 83.8 Å². The highest BCUT2D eigenvalue weighted by Crippen LogP contribution is 2.09. The normalized spacial score (nSPS) is 12.8. The number of nitrogens with two attached hydrogens (primary N) is 4. The number of nitrogens with zero attached hydrogens (tertiary/aromatic N) is 2. The number of hydrogen-bond donors (Lipinski definition) is 9. The molecule has 3 atom stereocenters. The van der Waals surface area contributed by atoms with Crippen molar-refractivity contribution >= 4 is 41.3 Å². The van der Waals surface area contributed by atoms with Crippen LogP contribution in [0.3, 0.4) is 0 Å². The Hall–Kier alpha value is -4.95. The van der Waals surface area contributed by atoms with E-state index in [1.165, 1.54) is 0 Å². The average molecular weight is 670 g/mol. The van der Waals surface area contributed by atoms with Gasteiger partial charge in [-0.05, 0) is 62.5 Å². The van der Waals surface area contributed by atoms with Gasteiger partial charge < -0.3 is 49.6 Å². The van der Waals surface area contributed by atoms with E-state index >= 15 is 0 Å². The SMILES string of the molecule is CC/C=C\CCC(=O)N[C@@H](CCCN=C(N)N)C(=O)NC(C(=O)N[C@@H](CCCN=C(N)N)C(=O)NCc1ccc(C(C)=N)cc1)C(C)C. The van der Waals surface area contributed by atoms with Crippen molar-refractivity contribution in [2.24, 2.45) is 38.8 Å². The molecule has 0 aliphatic heterocycles. The van der Waals surface area contributed by atoms with E-state index in [0.717, 1.165) is 17.5 Å². The summed E-state index contributed by atoms with van der Waals surface area (Å²) in [6, 6.07) is 4.35. The van der Waals surface area contributed by atoms with E-state index in [0.29, 0.717) is 25.0 Å². The molecule has 48 heavy (non-hydrogen) atoms. The molecule has 15 heteroatoms. The molecule has 0 saturated carbocycles. The Morgan fingerprint density at radius 1 is 0.812 bits per heavy atom. The van der Waals surface area contributed by atoms with Gasteiger partial charge in [-0.2, -0.15) is 0 Å². The van der Waals surface area contributed by atoms with Crippen LogP contribution in [0.5, 0.6) is 0 Å². The molecule has 0 radical (unpaired) electrons. The maximum atomic E-state index is 13.6. The van der Waals surface area contributed by atoms with Gasteiger partial charge in [-0.3, -0.25) is 29.2 Å². The van der Waals surface area contributed by atoms with Gasteiger partial charge in [-0.15, -0.1) is 0 Å². The zero-order valence-electron chi connectivity index (χ0n) is 28.7. The molecule has 0 saturated heterocycles. The average Bonchev–Trinajstić information content (AvgIpc) is 3.03. The van der Waals surface area contributed by atoms with Gasteiger partial charge in [0.2, 0.25) is 23.6 Å². The Morgan fingerprint density at radius 2 is 1.38 bits per heavy atom. The number of nitrogens with one attached hydrogen (secondary N) is 5. The molecule has 4 amide bonds. The lowest BCUT2D eigenvalue weighted by atomic mass is 10.0. The molecule has 15 nitrogen and oxygen atoms in total. The van der Waals surface area contributed by atoms with Crippen LogP contribution in [0, 0.1) is 11.3 Å². The molecule has 0 aliphatic carbocycles. The predicted molar refractivity (Wildman–Crippen MR) is 190 cm³/mol. The van der Waals surface area contributed by atoms with E-state index in [1.807, 2.05) is 31.2 Å². The fourth-order valence-electron chi connectivity index (χ4n) is 4.55. The second-order valence-electron chi connectivity index (χ2n) is 11.8. The van der Waals surface area contributed by atoms with Crippen molar-refractivity contribution in [2.75, 3.05) is 13.1 Å². The Bertz CT molecular complexity index is 1280. The summed E-state index contributed by atoms with van der Waals surface area (Å²) in [4.78, 5) is 61.0. The highest BCUT2D eigenvalue weighted by atomic mass is 16.2. The van der Waals surface area contributed by atoms with Gasteiger partial charge >= 0.3 is 0 Å². The molecular formula is C33H55N11O4. The van der Waals surface area contributed by atoms with Gasteiger partial charge in [0.05, 0.1) is 0 Å². The molecule has 13 N–H and O–H groups in total. The maximum Gasteiger partial charge on any atom is 0.243 e. The van der Waals surface area contributed by atoms with Gasteiger partial charge in [0.15, 0.2) is 11.9 Å². The Kier molecular flexibility index (Phi) is 19.3. The summed E-state index contributed by atoms with van der Waals surface area (Å²) in [5, 5.41) is 19.0. The molecule has 0 aliphatic rings. The lowest BCUT2D eigenvalue weighted by Crippen LogP contribution is -2.58. The zero-order chi connectivity index (χ0) is 36.1. The van der Waals surface area contributed by atoms with Crippen molar-refractivity contribution in [3.63, 3.8) is 0 Å². The van der Waals surface area contributed by atoms with Crippen LogP contribution in [-0.4, -0.2) is 72.5 Å². The first-order chi connectivity index (χ1) is 22.7. The molecule has 0 aromatic heterocycles. The van der Waals surface area contributed by atoms with E-state index in [4.69, 9.17) is 28.3 Å². The van der Waals surface area contributed by atoms with Gasteiger partial charge in [-0.25, -0.2) is 0 Å². The minimum absolute atomic E-state index is 0.0769. The second-order valence-corrected chi connectivity index (χ2v) is 11.8. The number of hydrogen-bond acceptors (Lipinski definition) is 7. The van der Waals surface area contributed by atoms with Crippen LogP contribution in [-0.2, 0) is 25.7 Å². The third-order valence-electron chi connectivity index (χ3n) is 7.22. The molecule has 1 aromatic rings. The Morgan fingerprint density at radius 3 is 1.88 bits per heavy atom. The van der Waals surface area contributed by atoms with Crippen LogP contribution in [0.25, 0.3) is 0 Å². The smallest absolute Gasteiger partial charge is 0.243 e. The maximum absolute atomic E-state index is 13.6. The first-order valence-electron chi connectivity index (χ1n) is 16.3. The summed E-state index contributed by atoms with van der Waals surface area (Å²) in [6.07, 6.45) is 6.73. The summed E-state index contributed by atoms with van der Waals surface area (Å²) in [5.41, 5.74) is 23.7. The molecular weight excluding hydrogens is 614 g/mol. The third kappa shape index (κ3) is 17.1. The van der Waals surface area contributed by atoms with Crippen molar-refractivity contribution in [3.05, 3.63) is 47.5 Å². The molecule has 0 spiro atoms. The van der Waals surface area contributed by atoms with Crippen LogP contribution in [0.4, 0.5) is 0 Å². The quantitative estimate of drug-likeness (QED) is 0.0365. The van der Waals surface area contributed by atoms with Crippen molar-refractivity contribution in [1.82, 2.24) is 21.3 Å². The number of amides is 4. The molecule has 0 fully saturated rings. The number of aliphatic imine (C=N–C) groups is 2. The number of carbonyl (C=O) groups excluding carboxylic acids is 4. The fraction of sp³-hybridized carbons (Fsp3) is 0.545. The minimum Gasteiger partial charge on any atom is -0.370 e. The summed E-state index contributed by atoms with van der Waals surface area (Å²) in [5.74, 6) is -2.33. The highest BCUT2D eigenvalue weighted by Gasteiger charge is 2.31. The molecule has 0 heterocycles. The fourth-order valence-corrected chi connectivity index (χ4v) is 4.55. The predicted octanol–water partition coefficient (Wildman–Crippen LogP) is 0.655. The topological polar surface area (TPSA) is 269 Å². The van der Waals surface area contributed by atoms with Gasteiger partial charge in [0.1, 0.15) is 18.1 Å². The summed E-state index contributed by atoms with van der Waals surface area (Å²) >= 11 is 0. The van der Waals surface area contributed by atoms with Gasteiger partial charge in [0, 0.05) is 31.8 Å². The van der Waals surface area contributed by atoms with E-state index in [1.54, 1.807) is 32.9 Å². The first kappa shape index (κ1) is 41.1. The number of allylic oxidation sites excluding steroid dienone is 2. The summed E-state index contributed by atoms with van der Waals surface area (Å²) in [6.45, 7) is 7.95. The molecule has 1 rings (SSSR count). The van der Waals surface area contributed by atoms with Crippen molar-refractivity contribution in [3.8, 4) is 0 Å². The third-order valence-corrected chi connectivity index (χ3v) is 7.22. The largest absolute Gasteiger partial charge is 0.370 e. The standard InChI is InChI=1S/C33H55N11O4/c1-5-6-7-8-13-27(45)42-26(12-10-19-40-33(37)38)30(47)44-28(21(2)3)31(48)43-25(11-9-18-39-32(35)36)29(46)41-20-23-14-16-24(17-15-23)22(4)34/h6-7,14-17,21,25-26,28,34H,5,8-13,18-20H2,1-4H3,(H,41,46)(H,42,45)(H,43,48)(H,44,47)(H4,35,36,39)(H4,37,38,40)/b7-6-,34-22?/t25-,26-,28?/m0/s1. The van der Waals surface area contributed by atoms with Crippen LogP contribution in [0.15, 0.2) is 46.4 Å². The van der Waals surface area contributed by atoms with Crippen molar-refractivity contribution in [2.45, 2.75) is 97.3 Å². The number of rotatable bonds is 22. The molecule has 266 valence electrons. The Labute approximate surface area is 283 Å². The van der Waals surface area contributed by atoms with E-state index in [2.05, 4.69) is 31.3 Å². The van der Waals surface area contributed by atoms with Crippen molar-refractivity contribution < 1.29 is 19.2 Å². The van der Waals surface area contributed by atoms with Crippen LogP contribution < -0.4 is 44.2 Å². The number of guanidine groups is 2. The van der Waals surface area contributed by atoms with Crippen LogP contribution >= 0.6 is 0 Å². The molecule has 0 bridgehead atoms. The number of benzene rings is 1. The van der Waals surface area contributed by atoms with Crippen LogP contribution in [0.2, 0.25) is 0 Å². The van der Waals surface area contributed by atoms with E-state index in [9.17, 15) is 19.2 Å². The van der Waals surface area contributed by atoms with E-state index in [-0.39, 0.29) is 62.6 Å². The molecule has 1 aromatic carbocycles. The first-order valence-corrected chi connectivity index (χ1v) is 16.3. The van der Waals surface area contributed by atoms with Gasteiger partial charge in [-0.1, -0.05) is 57.2 Å². The molecule has 1 unspecified atom stereocenters. The zero-order valence-corrected chi connectivity index (χ0v) is 28.7. The monoisotopic (exact) mass is 669 g/mol. The van der Waals surface area contributed by atoms with Gasteiger partial charge in [0.25, 0.3) is 0 Å². The Balaban J connectivity index is 3.07. The van der Waals surface area contributed by atoms with Crippen molar-refractivity contribution in [1.29, 1.82) is 5.41 Å².